The number of aromatic nitrogens is 3. The molecule has 5 aromatic rings. The van der Waals surface area contributed by atoms with Gasteiger partial charge in [-0.05, 0) is 30.3 Å². The first kappa shape index (κ1) is 17.6. The van der Waals surface area contributed by atoms with Gasteiger partial charge in [-0.25, -0.2) is 4.98 Å². The molecule has 3 aromatic heterocycles. The molecule has 0 unspecified atom stereocenters. The Hall–Kier alpha value is -3.51. The standard InChI is InChI=1S/C23H18N4OS/c28-22(18-15-29-21-11-4-1-8-17(18)21)26-23-25-19-9-2-3-10-20(19)27(23)14-12-16-7-5-6-13-24-16/h1-11,13,15H,12,14H2,(H,25,26,28). The molecule has 1 amide bonds. The molecule has 0 saturated heterocycles. The number of hydrogen-bond acceptors (Lipinski definition) is 4. The van der Waals surface area contributed by atoms with Crippen LogP contribution >= 0.6 is 11.3 Å². The number of anilines is 1. The van der Waals surface area contributed by atoms with Crippen molar-refractivity contribution >= 4 is 44.3 Å². The number of fused-ring (bicyclic) bond motifs is 2. The number of imidazole rings is 1. The highest BCUT2D eigenvalue weighted by Crippen LogP contribution is 2.27. The van der Waals surface area contributed by atoms with E-state index < -0.39 is 0 Å². The first-order valence-corrected chi connectivity index (χ1v) is 10.3. The Morgan fingerprint density at radius 1 is 1.00 bits per heavy atom. The van der Waals surface area contributed by atoms with Crippen molar-refractivity contribution in [3.63, 3.8) is 0 Å². The van der Waals surface area contributed by atoms with Crippen molar-refractivity contribution in [3.8, 4) is 0 Å². The van der Waals surface area contributed by atoms with E-state index in [2.05, 4.69) is 19.9 Å². The lowest BCUT2D eigenvalue weighted by Gasteiger charge is -2.10. The topological polar surface area (TPSA) is 59.8 Å². The van der Waals surface area contributed by atoms with E-state index in [4.69, 9.17) is 0 Å². The molecule has 5 nitrogen and oxygen atoms in total. The van der Waals surface area contributed by atoms with Gasteiger partial charge in [0.05, 0.1) is 16.6 Å². The van der Waals surface area contributed by atoms with Gasteiger partial charge >= 0.3 is 0 Å². The van der Waals surface area contributed by atoms with E-state index in [-0.39, 0.29) is 5.91 Å². The summed E-state index contributed by atoms with van der Waals surface area (Å²) in [5, 5.41) is 5.90. The average Bonchev–Trinajstić information content (AvgIpc) is 3.34. The second-order valence-electron chi connectivity index (χ2n) is 6.75. The number of amides is 1. The van der Waals surface area contributed by atoms with Gasteiger partial charge in [0.15, 0.2) is 0 Å². The van der Waals surface area contributed by atoms with Crippen LogP contribution in [0.2, 0.25) is 0 Å². The number of nitrogens with one attached hydrogen (secondary N) is 1. The zero-order chi connectivity index (χ0) is 19.6. The Kier molecular flexibility index (Phi) is 4.54. The zero-order valence-corrected chi connectivity index (χ0v) is 16.4. The highest BCUT2D eigenvalue weighted by molar-refractivity contribution is 7.17. The molecular formula is C23H18N4OS. The lowest BCUT2D eigenvalue weighted by Crippen LogP contribution is -2.16. The lowest BCUT2D eigenvalue weighted by atomic mass is 10.2. The summed E-state index contributed by atoms with van der Waals surface area (Å²) >= 11 is 1.57. The van der Waals surface area contributed by atoms with Crippen LogP contribution in [0.1, 0.15) is 16.1 Å². The van der Waals surface area contributed by atoms with Crippen LogP contribution in [0.3, 0.4) is 0 Å². The van der Waals surface area contributed by atoms with E-state index in [1.165, 1.54) is 0 Å². The van der Waals surface area contributed by atoms with Gasteiger partial charge in [-0.15, -0.1) is 11.3 Å². The number of para-hydroxylation sites is 2. The van der Waals surface area contributed by atoms with Crippen LogP contribution in [-0.4, -0.2) is 20.4 Å². The molecule has 142 valence electrons. The van der Waals surface area contributed by atoms with Crippen LogP contribution in [0.15, 0.2) is 78.3 Å². The van der Waals surface area contributed by atoms with E-state index in [0.717, 1.165) is 33.2 Å². The molecule has 0 fully saturated rings. The Morgan fingerprint density at radius 2 is 1.83 bits per heavy atom. The van der Waals surface area contributed by atoms with Crippen LogP contribution in [0, 0.1) is 0 Å². The molecule has 0 aliphatic rings. The van der Waals surface area contributed by atoms with Gasteiger partial charge in [0.25, 0.3) is 5.91 Å². The normalized spacial score (nSPS) is 11.2. The highest BCUT2D eigenvalue weighted by Gasteiger charge is 2.17. The molecule has 0 atom stereocenters. The van der Waals surface area contributed by atoms with E-state index in [9.17, 15) is 4.79 Å². The number of carbonyl (C=O) groups excluding carboxylic acids is 1. The van der Waals surface area contributed by atoms with Crippen molar-refractivity contribution < 1.29 is 4.79 Å². The number of rotatable bonds is 5. The first-order chi connectivity index (χ1) is 14.3. The minimum absolute atomic E-state index is 0.142. The molecular weight excluding hydrogens is 380 g/mol. The first-order valence-electron chi connectivity index (χ1n) is 9.42. The molecule has 2 aromatic carbocycles. The minimum atomic E-state index is -0.142. The second kappa shape index (κ2) is 7.48. The van der Waals surface area contributed by atoms with Gasteiger partial charge in [0, 0.05) is 40.3 Å². The van der Waals surface area contributed by atoms with Crippen LogP contribution < -0.4 is 5.32 Å². The summed E-state index contributed by atoms with van der Waals surface area (Å²) in [4.78, 5) is 22.1. The largest absolute Gasteiger partial charge is 0.310 e. The Morgan fingerprint density at radius 3 is 2.72 bits per heavy atom. The van der Waals surface area contributed by atoms with Crippen molar-refractivity contribution in [2.24, 2.45) is 0 Å². The summed E-state index contributed by atoms with van der Waals surface area (Å²) in [6.07, 6.45) is 2.55. The maximum absolute atomic E-state index is 13.0. The molecule has 0 spiro atoms. The van der Waals surface area contributed by atoms with Crippen molar-refractivity contribution in [2.45, 2.75) is 13.0 Å². The van der Waals surface area contributed by atoms with E-state index >= 15 is 0 Å². The molecule has 29 heavy (non-hydrogen) atoms. The molecule has 0 saturated carbocycles. The zero-order valence-electron chi connectivity index (χ0n) is 15.6. The summed E-state index contributed by atoms with van der Waals surface area (Å²) < 4.78 is 3.15. The number of pyridine rings is 1. The van der Waals surface area contributed by atoms with Crippen LogP contribution in [0.4, 0.5) is 5.95 Å². The third-order valence-corrected chi connectivity index (χ3v) is 5.89. The number of benzene rings is 2. The van der Waals surface area contributed by atoms with Gasteiger partial charge in [0.2, 0.25) is 5.95 Å². The molecule has 3 heterocycles. The molecule has 0 aliphatic carbocycles. The monoisotopic (exact) mass is 398 g/mol. The number of thiophene rings is 1. The highest BCUT2D eigenvalue weighted by atomic mass is 32.1. The van der Waals surface area contributed by atoms with Crippen molar-refractivity contribution in [3.05, 3.63) is 89.6 Å². The summed E-state index contributed by atoms with van der Waals surface area (Å²) in [5.41, 5.74) is 3.54. The van der Waals surface area contributed by atoms with Crippen molar-refractivity contribution in [1.82, 2.24) is 14.5 Å². The predicted octanol–water partition coefficient (Wildman–Crippen LogP) is 5.14. The van der Waals surface area contributed by atoms with Crippen LogP contribution in [-0.2, 0) is 13.0 Å². The SMILES string of the molecule is O=C(Nc1nc2ccccc2n1CCc1ccccn1)c1csc2ccccc12. The molecule has 0 radical (unpaired) electrons. The second-order valence-corrected chi connectivity index (χ2v) is 7.66. The molecule has 0 bridgehead atoms. The van der Waals surface area contributed by atoms with Crippen molar-refractivity contribution in [1.29, 1.82) is 0 Å². The van der Waals surface area contributed by atoms with Gasteiger partial charge in [-0.1, -0.05) is 36.4 Å². The van der Waals surface area contributed by atoms with Gasteiger partial charge in [0.1, 0.15) is 0 Å². The van der Waals surface area contributed by atoms with Gasteiger partial charge in [-0.3, -0.25) is 15.1 Å². The fourth-order valence-electron chi connectivity index (χ4n) is 3.49. The molecule has 1 N–H and O–H groups in total. The summed E-state index contributed by atoms with van der Waals surface area (Å²) in [6, 6.07) is 21.8. The smallest absolute Gasteiger partial charge is 0.259 e. The lowest BCUT2D eigenvalue weighted by molar-refractivity contribution is 0.102. The van der Waals surface area contributed by atoms with Gasteiger partial charge in [-0.2, -0.15) is 0 Å². The molecule has 0 aliphatic heterocycles. The van der Waals surface area contributed by atoms with Crippen LogP contribution in [0.25, 0.3) is 21.1 Å². The van der Waals surface area contributed by atoms with Gasteiger partial charge < -0.3 is 4.57 Å². The average molecular weight is 398 g/mol. The Bertz CT molecular complexity index is 1310. The number of hydrogen-bond donors (Lipinski definition) is 1. The van der Waals surface area contributed by atoms with Crippen molar-refractivity contribution in [2.75, 3.05) is 5.32 Å². The maximum Gasteiger partial charge on any atom is 0.259 e. The summed E-state index contributed by atoms with van der Waals surface area (Å²) in [5.74, 6) is 0.416. The van der Waals surface area contributed by atoms with E-state index in [1.54, 1.807) is 17.5 Å². The third kappa shape index (κ3) is 3.39. The Balaban J connectivity index is 1.48. The minimum Gasteiger partial charge on any atom is -0.310 e. The quantitative estimate of drug-likeness (QED) is 0.446. The fourth-order valence-corrected chi connectivity index (χ4v) is 4.43. The summed E-state index contributed by atoms with van der Waals surface area (Å²) in [7, 11) is 0. The van der Waals surface area contributed by atoms with E-state index in [1.807, 2.05) is 72.1 Å². The fraction of sp³-hybridized carbons (Fsp3) is 0.0870. The number of carbonyl (C=O) groups is 1. The van der Waals surface area contributed by atoms with E-state index in [0.29, 0.717) is 18.1 Å². The number of nitrogens with zero attached hydrogens (tertiary/aromatic N) is 3. The Labute approximate surface area is 171 Å². The van der Waals surface area contributed by atoms with Crippen LogP contribution in [0.5, 0.6) is 0 Å². The predicted molar refractivity (Wildman–Crippen MR) is 117 cm³/mol. The third-order valence-electron chi connectivity index (χ3n) is 4.92. The maximum atomic E-state index is 13.0. The number of aryl methyl sites for hydroxylation is 2. The molecule has 6 heteroatoms. The summed E-state index contributed by atoms with van der Waals surface area (Å²) in [6.45, 7) is 0.678. The molecule has 5 rings (SSSR count).